The zero-order valence-electron chi connectivity index (χ0n) is 18.8. The monoisotopic (exact) mass is 487 g/mol. The van der Waals surface area contributed by atoms with Crippen LogP contribution in [-0.2, 0) is 6.54 Å². The van der Waals surface area contributed by atoms with Gasteiger partial charge in [0.25, 0.3) is 0 Å². The third-order valence-electron chi connectivity index (χ3n) is 5.94. The Morgan fingerprint density at radius 1 is 1.18 bits per heavy atom. The van der Waals surface area contributed by atoms with Crippen LogP contribution in [0.25, 0.3) is 21.8 Å². The zero-order chi connectivity index (χ0) is 22.1. The van der Waals surface area contributed by atoms with Gasteiger partial charge in [0.1, 0.15) is 5.76 Å². The van der Waals surface area contributed by atoms with Crippen LogP contribution in [0, 0.1) is 0 Å². The molecule has 0 spiro atoms. The first-order valence-electron chi connectivity index (χ1n) is 11.2. The first-order chi connectivity index (χ1) is 15.6. The molecule has 33 heavy (non-hydrogen) atoms. The molecule has 1 saturated carbocycles. The van der Waals surface area contributed by atoms with Crippen LogP contribution in [0.1, 0.15) is 50.4 Å². The molecule has 0 radical (unpaired) electrons. The minimum Gasteiger partial charge on any atom is -0.464 e. The smallest absolute Gasteiger partial charge is 0.227 e. The third-order valence-corrected chi connectivity index (χ3v) is 7.04. The maximum Gasteiger partial charge on any atom is 0.227 e. The van der Waals surface area contributed by atoms with Crippen molar-refractivity contribution < 1.29 is 4.42 Å². The Bertz CT molecular complexity index is 1180. The number of anilines is 2. The van der Waals surface area contributed by atoms with Gasteiger partial charge in [0.15, 0.2) is 17.0 Å². The molecule has 4 aromatic rings. The molecular formula is C23H30ClN7OS. The van der Waals surface area contributed by atoms with E-state index >= 15 is 0 Å². The van der Waals surface area contributed by atoms with Gasteiger partial charge in [0, 0.05) is 23.0 Å². The average Bonchev–Trinajstić information content (AvgIpc) is 3.53. The van der Waals surface area contributed by atoms with Crippen molar-refractivity contribution in [3.8, 4) is 10.6 Å². The third kappa shape index (κ3) is 5.15. The number of thiophene rings is 1. The SMILES string of the molecule is CC(C)n1cnc2c(NCc3ccc(-c4ccco4)s3)nc(NC3CCC(N)CC3)nc21.Cl. The molecule has 1 fully saturated rings. The van der Waals surface area contributed by atoms with Gasteiger partial charge in [-0.25, -0.2) is 4.98 Å². The van der Waals surface area contributed by atoms with Crippen molar-refractivity contribution in [2.75, 3.05) is 10.6 Å². The molecule has 0 atom stereocenters. The number of hydrogen-bond donors (Lipinski definition) is 3. The number of nitrogens with zero attached hydrogens (tertiary/aromatic N) is 4. The molecule has 8 nitrogen and oxygen atoms in total. The van der Waals surface area contributed by atoms with Crippen molar-refractivity contribution in [2.24, 2.45) is 5.73 Å². The summed E-state index contributed by atoms with van der Waals surface area (Å²) in [7, 11) is 0. The Morgan fingerprint density at radius 3 is 2.73 bits per heavy atom. The number of furan rings is 1. The number of fused-ring (bicyclic) bond motifs is 1. The largest absolute Gasteiger partial charge is 0.464 e. The molecule has 4 heterocycles. The molecule has 176 valence electrons. The average molecular weight is 488 g/mol. The van der Waals surface area contributed by atoms with Gasteiger partial charge in [-0.05, 0) is 63.8 Å². The van der Waals surface area contributed by atoms with E-state index in [1.165, 1.54) is 4.88 Å². The number of rotatable bonds is 7. The number of nitrogens with two attached hydrogens (primary N) is 1. The molecule has 0 aliphatic heterocycles. The standard InChI is InChI=1S/C23H29N7OS.ClH/c1-14(2)30-13-26-20-21(25-12-17-9-10-19(32-17)18-4-3-11-31-18)28-23(29-22(20)30)27-16-7-5-15(24)6-8-16;/h3-4,9-11,13-16H,5-8,12,24H2,1-2H3,(H2,25,27,28,29);1H. The maximum absolute atomic E-state index is 6.07. The molecule has 0 bridgehead atoms. The summed E-state index contributed by atoms with van der Waals surface area (Å²) in [5.41, 5.74) is 7.70. The fourth-order valence-electron chi connectivity index (χ4n) is 4.12. The van der Waals surface area contributed by atoms with Gasteiger partial charge in [-0.3, -0.25) is 0 Å². The lowest BCUT2D eigenvalue weighted by molar-refractivity contribution is 0.410. The second-order valence-corrected chi connectivity index (χ2v) is 9.83. The highest BCUT2D eigenvalue weighted by Gasteiger charge is 2.21. The molecular weight excluding hydrogens is 458 g/mol. The van der Waals surface area contributed by atoms with Crippen LogP contribution in [-0.4, -0.2) is 31.6 Å². The first-order valence-corrected chi connectivity index (χ1v) is 12.0. The van der Waals surface area contributed by atoms with Crippen LogP contribution in [0.15, 0.2) is 41.3 Å². The summed E-state index contributed by atoms with van der Waals surface area (Å²) in [6.45, 7) is 4.92. The summed E-state index contributed by atoms with van der Waals surface area (Å²) >= 11 is 1.71. The van der Waals surface area contributed by atoms with Gasteiger partial charge in [-0.15, -0.1) is 23.7 Å². The van der Waals surface area contributed by atoms with E-state index in [0.717, 1.165) is 53.3 Å². The second-order valence-electron chi connectivity index (χ2n) is 8.67. The Balaban J connectivity index is 0.00000259. The molecule has 1 aliphatic rings. The molecule has 5 rings (SSSR count). The van der Waals surface area contributed by atoms with Crippen LogP contribution < -0.4 is 16.4 Å². The highest BCUT2D eigenvalue weighted by molar-refractivity contribution is 7.15. The van der Waals surface area contributed by atoms with E-state index in [4.69, 9.17) is 20.1 Å². The van der Waals surface area contributed by atoms with Crippen molar-refractivity contribution in [2.45, 2.75) is 64.2 Å². The van der Waals surface area contributed by atoms with E-state index in [2.05, 4.69) is 46.2 Å². The maximum atomic E-state index is 6.07. The number of aromatic nitrogens is 4. The Morgan fingerprint density at radius 2 is 2.00 bits per heavy atom. The first kappa shape index (κ1) is 23.5. The quantitative estimate of drug-likeness (QED) is 0.318. The normalized spacial score (nSPS) is 18.4. The molecule has 4 aromatic heterocycles. The molecule has 0 saturated heterocycles. The van der Waals surface area contributed by atoms with Crippen LogP contribution in [0.4, 0.5) is 11.8 Å². The second kappa shape index (κ2) is 10.1. The Hall–Kier alpha value is -2.62. The number of hydrogen-bond acceptors (Lipinski definition) is 8. The Labute approximate surface area is 203 Å². The number of nitrogens with one attached hydrogen (secondary N) is 2. The van der Waals surface area contributed by atoms with Gasteiger partial charge in [-0.1, -0.05) is 0 Å². The van der Waals surface area contributed by atoms with Gasteiger partial charge >= 0.3 is 0 Å². The lowest BCUT2D eigenvalue weighted by Crippen LogP contribution is -2.33. The van der Waals surface area contributed by atoms with Crippen molar-refractivity contribution >= 4 is 46.7 Å². The van der Waals surface area contributed by atoms with E-state index in [1.807, 2.05) is 18.5 Å². The van der Waals surface area contributed by atoms with Gasteiger partial charge in [0.2, 0.25) is 5.95 Å². The van der Waals surface area contributed by atoms with E-state index in [0.29, 0.717) is 24.6 Å². The lowest BCUT2D eigenvalue weighted by atomic mass is 9.92. The predicted molar refractivity (Wildman–Crippen MR) is 136 cm³/mol. The van der Waals surface area contributed by atoms with Gasteiger partial charge in [-0.2, -0.15) is 9.97 Å². The zero-order valence-corrected chi connectivity index (χ0v) is 20.5. The molecule has 1 aliphatic carbocycles. The molecule has 0 aromatic carbocycles. The molecule has 0 unspecified atom stereocenters. The van der Waals surface area contributed by atoms with E-state index in [9.17, 15) is 0 Å². The van der Waals surface area contributed by atoms with Crippen LogP contribution >= 0.6 is 23.7 Å². The summed E-state index contributed by atoms with van der Waals surface area (Å²) in [4.78, 5) is 16.5. The highest BCUT2D eigenvalue weighted by atomic mass is 35.5. The van der Waals surface area contributed by atoms with Gasteiger partial charge in [0.05, 0.1) is 24.0 Å². The summed E-state index contributed by atoms with van der Waals surface area (Å²) in [5.74, 6) is 2.28. The van der Waals surface area contributed by atoms with Crippen molar-refractivity contribution in [3.63, 3.8) is 0 Å². The minimum atomic E-state index is 0. The highest BCUT2D eigenvalue weighted by Crippen LogP contribution is 2.30. The van der Waals surface area contributed by atoms with Crippen molar-refractivity contribution in [1.29, 1.82) is 0 Å². The summed E-state index contributed by atoms with van der Waals surface area (Å²) in [6, 6.07) is 9.01. The van der Waals surface area contributed by atoms with Crippen molar-refractivity contribution in [1.82, 2.24) is 19.5 Å². The number of halogens is 1. The molecule has 0 amide bonds. The van der Waals surface area contributed by atoms with Crippen molar-refractivity contribution in [3.05, 3.63) is 41.7 Å². The number of imidazole rings is 1. The van der Waals surface area contributed by atoms with Crippen LogP contribution in [0.3, 0.4) is 0 Å². The predicted octanol–water partition coefficient (Wildman–Crippen LogP) is 5.44. The summed E-state index contributed by atoms with van der Waals surface area (Å²) in [5, 5.41) is 7.03. The van der Waals surface area contributed by atoms with Crippen LogP contribution in [0.5, 0.6) is 0 Å². The fourth-order valence-corrected chi connectivity index (χ4v) is 5.04. The molecule has 10 heteroatoms. The lowest BCUT2D eigenvalue weighted by Gasteiger charge is -2.27. The summed E-state index contributed by atoms with van der Waals surface area (Å²) < 4.78 is 7.60. The van der Waals surface area contributed by atoms with Crippen LogP contribution in [0.2, 0.25) is 0 Å². The summed E-state index contributed by atoms with van der Waals surface area (Å²) in [6.07, 6.45) is 7.69. The van der Waals surface area contributed by atoms with E-state index in [1.54, 1.807) is 17.6 Å². The fraction of sp³-hybridized carbons (Fsp3) is 0.435. The molecule has 4 N–H and O–H groups in total. The topological polar surface area (TPSA) is 107 Å². The van der Waals surface area contributed by atoms with E-state index in [-0.39, 0.29) is 18.4 Å². The van der Waals surface area contributed by atoms with Gasteiger partial charge < -0.3 is 25.4 Å². The Kier molecular flexibility index (Phi) is 7.21. The minimum absolute atomic E-state index is 0. The van der Waals surface area contributed by atoms with E-state index < -0.39 is 0 Å².